The summed E-state index contributed by atoms with van der Waals surface area (Å²) in [5.41, 5.74) is 0.871. The summed E-state index contributed by atoms with van der Waals surface area (Å²) in [5, 5.41) is 4.03. The van der Waals surface area contributed by atoms with Crippen molar-refractivity contribution in [3.63, 3.8) is 0 Å². The van der Waals surface area contributed by atoms with E-state index in [4.69, 9.17) is 21.1 Å². The third kappa shape index (κ3) is 4.05. The van der Waals surface area contributed by atoms with Crippen LogP contribution in [0.2, 0.25) is 5.02 Å². The van der Waals surface area contributed by atoms with E-state index in [-0.39, 0.29) is 6.04 Å². The molecule has 1 aromatic rings. The topological polar surface area (TPSA) is 30.5 Å². The monoisotopic (exact) mass is 321 g/mol. The summed E-state index contributed by atoms with van der Waals surface area (Å²) >= 11 is 9.45. The molecule has 0 aliphatic carbocycles. The molecule has 0 amide bonds. The van der Waals surface area contributed by atoms with Gasteiger partial charge in [0.15, 0.2) is 5.75 Å². The van der Waals surface area contributed by atoms with Crippen LogP contribution >= 0.6 is 27.5 Å². The molecule has 0 radical (unpaired) electrons. The minimum Gasteiger partial charge on any atom is -0.493 e. The van der Waals surface area contributed by atoms with E-state index < -0.39 is 0 Å². The van der Waals surface area contributed by atoms with Crippen LogP contribution in [0.5, 0.6) is 5.75 Å². The minimum absolute atomic E-state index is 0.235. The lowest BCUT2D eigenvalue weighted by Gasteiger charge is -2.20. The molecule has 1 N–H and O–H groups in total. The summed E-state index contributed by atoms with van der Waals surface area (Å²) in [7, 11) is 3.33. The highest BCUT2D eigenvalue weighted by Crippen LogP contribution is 2.36. The van der Waals surface area contributed by atoms with E-state index in [1.807, 2.05) is 12.1 Å². The SMILES string of the molecule is CCC(COC)Nc1cc(Cl)cc(Br)c1OC. The van der Waals surface area contributed by atoms with Crippen LogP contribution in [-0.2, 0) is 4.74 Å². The van der Waals surface area contributed by atoms with Gasteiger partial charge in [0.25, 0.3) is 0 Å². The van der Waals surface area contributed by atoms with E-state index in [1.54, 1.807) is 14.2 Å². The fourth-order valence-electron chi connectivity index (χ4n) is 1.56. The van der Waals surface area contributed by atoms with Gasteiger partial charge < -0.3 is 14.8 Å². The van der Waals surface area contributed by atoms with Gasteiger partial charge in [0.05, 0.1) is 23.9 Å². The van der Waals surface area contributed by atoms with Crippen LogP contribution < -0.4 is 10.1 Å². The second kappa shape index (κ2) is 7.09. The van der Waals surface area contributed by atoms with Crippen molar-refractivity contribution in [2.45, 2.75) is 19.4 Å². The van der Waals surface area contributed by atoms with Gasteiger partial charge in [-0.05, 0) is 34.5 Å². The van der Waals surface area contributed by atoms with Gasteiger partial charge in [0.1, 0.15) is 0 Å². The van der Waals surface area contributed by atoms with Crippen LogP contribution in [0.4, 0.5) is 5.69 Å². The molecule has 1 unspecified atom stereocenters. The van der Waals surface area contributed by atoms with Crippen molar-refractivity contribution >= 4 is 33.2 Å². The molecule has 0 aromatic heterocycles. The van der Waals surface area contributed by atoms with Crippen LogP contribution in [0, 0.1) is 0 Å². The number of rotatable bonds is 6. The average Bonchev–Trinajstić information content (AvgIpc) is 2.28. The van der Waals surface area contributed by atoms with Gasteiger partial charge in [-0.25, -0.2) is 0 Å². The molecule has 0 fully saturated rings. The smallest absolute Gasteiger partial charge is 0.156 e. The number of benzene rings is 1. The Morgan fingerprint density at radius 1 is 1.41 bits per heavy atom. The zero-order valence-electron chi connectivity index (χ0n) is 10.2. The highest BCUT2D eigenvalue weighted by atomic mass is 79.9. The van der Waals surface area contributed by atoms with Gasteiger partial charge >= 0.3 is 0 Å². The first kappa shape index (κ1) is 14.6. The van der Waals surface area contributed by atoms with Gasteiger partial charge in [-0.1, -0.05) is 18.5 Å². The molecule has 0 heterocycles. The number of anilines is 1. The Morgan fingerprint density at radius 2 is 2.12 bits per heavy atom. The Kier molecular flexibility index (Phi) is 6.09. The van der Waals surface area contributed by atoms with Crippen molar-refractivity contribution in [1.29, 1.82) is 0 Å². The Hall–Kier alpha value is -0.450. The van der Waals surface area contributed by atoms with Crippen LogP contribution in [0.1, 0.15) is 13.3 Å². The molecule has 17 heavy (non-hydrogen) atoms. The van der Waals surface area contributed by atoms with Crippen molar-refractivity contribution in [3.05, 3.63) is 21.6 Å². The number of halogens is 2. The Labute approximate surface area is 116 Å². The van der Waals surface area contributed by atoms with Crippen LogP contribution in [0.25, 0.3) is 0 Å². The van der Waals surface area contributed by atoms with Gasteiger partial charge in [0, 0.05) is 18.2 Å². The molecular weight excluding hydrogens is 305 g/mol. The van der Waals surface area contributed by atoms with Gasteiger partial charge in [-0.3, -0.25) is 0 Å². The highest BCUT2D eigenvalue weighted by Gasteiger charge is 2.13. The van der Waals surface area contributed by atoms with Crippen molar-refractivity contribution in [2.24, 2.45) is 0 Å². The average molecular weight is 323 g/mol. The van der Waals surface area contributed by atoms with E-state index in [0.717, 1.165) is 22.3 Å². The first-order chi connectivity index (χ1) is 8.12. The number of ether oxygens (including phenoxy) is 2. The molecule has 1 aromatic carbocycles. The van der Waals surface area contributed by atoms with Crippen molar-refractivity contribution in [3.8, 4) is 5.75 Å². The van der Waals surface area contributed by atoms with Crippen LogP contribution in [-0.4, -0.2) is 26.9 Å². The molecule has 0 saturated carbocycles. The molecule has 96 valence electrons. The maximum Gasteiger partial charge on any atom is 0.156 e. The Balaban J connectivity index is 2.95. The Bertz CT molecular complexity index is 374. The second-order valence-electron chi connectivity index (χ2n) is 3.67. The summed E-state index contributed by atoms with van der Waals surface area (Å²) in [5.74, 6) is 0.754. The molecule has 0 bridgehead atoms. The molecule has 3 nitrogen and oxygen atoms in total. The maximum absolute atomic E-state index is 6.03. The van der Waals surface area contributed by atoms with E-state index >= 15 is 0 Å². The molecule has 0 aliphatic rings. The summed E-state index contributed by atoms with van der Waals surface area (Å²) < 4.78 is 11.3. The molecule has 0 aliphatic heterocycles. The third-order valence-corrected chi connectivity index (χ3v) is 3.24. The van der Waals surface area contributed by atoms with Crippen LogP contribution in [0.3, 0.4) is 0 Å². The maximum atomic E-state index is 6.03. The number of hydrogen-bond acceptors (Lipinski definition) is 3. The summed E-state index contributed by atoms with van der Waals surface area (Å²) in [6.45, 7) is 2.74. The van der Waals surface area contributed by atoms with Crippen molar-refractivity contribution in [2.75, 3.05) is 26.1 Å². The quantitative estimate of drug-likeness (QED) is 0.860. The molecule has 0 spiro atoms. The zero-order valence-corrected chi connectivity index (χ0v) is 12.6. The zero-order chi connectivity index (χ0) is 12.8. The van der Waals surface area contributed by atoms with Gasteiger partial charge in [0.2, 0.25) is 0 Å². The first-order valence-corrected chi connectivity index (χ1v) is 6.58. The lowest BCUT2D eigenvalue weighted by Crippen LogP contribution is -2.24. The highest BCUT2D eigenvalue weighted by molar-refractivity contribution is 9.10. The molecule has 0 saturated heterocycles. The standard InChI is InChI=1S/C12H17BrClNO2/c1-4-9(7-16-2)15-11-6-8(14)5-10(13)12(11)17-3/h5-6,9,15H,4,7H2,1-3H3. The summed E-state index contributed by atoms with van der Waals surface area (Å²) in [6, 6.07) is 3.89. The summed E-state index contributed by atoms with van der Waals surface area (Å²) in [6.07, 6.45) is 0.959. The summed E-state index contributed by atoms with van der Waals surface area (Å²) in [4.78, 5) is 0. The normalized spacial score (nSPS) is 12.3. The predicted molar refractivity (Wildman–Crippen MR) is 75.3 cm³/mol. The number of nitrogens with one attached hydrogen (secondary N) is 1. The lowest BCUT2D eigenvalue weighted by atomic mass is 10.2. The predicted octanol–water partition coefficient (Wildman–Crippen LogP) is 3.95. The first-order valence-electron chi connectivity index (χ1n) is 5.40. The lowest BCUT2D eigenvalue weighted by molar-refractivity contribution is 0.184. The van der Waals surface area contributed by atoms with Gasteiger partial charge in [-0.2, -0.15) is 0 Å². The molecule has 1 atom stereocenters. The van der Waals surface area contributed by atoms with E-state index in [9.17, 15) is 0 Å². The van der Waals surface area contributed by atoms with Crippen LogP contribution in [0.15, 0.2) is 16.6 Å². The number of hydrogen-bond donors (Lipinski definition) is 1. The molecular formula is C12H17BrClNO2. The van der Waals surface area contributed by atoms with E-state index in [2.05, 4.69) is 28.2 Å². The van der Waals surface area contributed by atoms with Gasteiger partial charge in [-0.15, -0.1) is 0 Å². The third-order valence-electron chi connectivity index (χ3n) is 2.43. The fourth-order valence-corrected chi connectivity index (χ4v) is 2.53. The second-order valence-corrected chi connectivity index (χ2v) is 4.96. The van der Waals surface area contributed by atoms with E-state index in [1.165, 1.54) is 0 Å². The Morgan fingerprint density at radius 3 is 2.65 bits per heavy atom. The fraction of sp³-hybridized carbons (Fsp3) is 0.500. The largest absolute Gasteiger partial charge is 0.493 e. The number of methoxy groups -OCH3 is 2. The van der Waals surface area contributed by atoms with Crippen molar-refractivity contribution in [1.82, 2.24) is 0 Å². The molecule has 1 rings (SSSR count). The van der Waals surface area contributed by atoms with E-state index in [0.29, 0.717) is 11.6 Å². The van der Waals surface area contributed by atoms with Crippen molar-refractivity contribution < 1.29 is 9.47 Å². The molecule has 5 heteroatoms. The minimum atomic E-state index is 0.235.